The van der Waals surface area contributed by atoms with Gasteiger partial charge in [-0.05, 0) is 31.7 Å². The zero-order valence-electron chi connectivity index (χ0n) is 8.36. The highest BCUT2D eigenvalue weighted by Gasteiger charge is 2.20. The van der Waals surface area contributed by atoms with Crippen LogP contribution in [-0.2, 0) is 6.54 Å². The normalized spacial score (nSPS) is 21.4. The third kappa shape index (κ3) is 2.25. The maximum Gasteiger partial charge on any atom is 0.141 e. The molecule has 0 aliphatic carbocycles. The van der Waals surface area contributed by atoms with Crippen molar-refractivity contribution in [1.82, 2.24) is 15.3 Å². The number of hydrogen-bond acceptors (Lipinski definition) is 4. The van der Waals surface area contributed by atoms with Gasteiger partial charge in [-0.1, -0.05) is 0 Å². The van der Waals surface area contributed by atoms with Crippen molar-refractivity contribution in [3.63, 3.8) is 0 Å². The molecule has 1 N–H and O–H groups in total. The highest BCUT2D eigenvalue weighted by atomic mass is 32.2. The van der Waals surface area contributed by atoms with Gasteiger partial charge in [-0.15, -0.1) is 0 Å². The van der Waals surface area contributed by atoms with Crippen molar-refractivity contribution in [3.05, 3.63) is 23.8 Å². The van der Waals surface area contributed by atoms with Crippen LogP contribution >= 0.6 is 11.8 Å². The third-order valence-corrected chi connectivity index (χ3v) is 3.68. The molecule has 1 aliphatic heterocycles. The Hall–Kier alpha value is -0.610. The van der Waals surface area contributed by atoms with E-state index >= 15 is 0 Å². The van der Waals surface area contributed by atoms with Gasteiger partial charge in [0.15, 0.2) is 0 Å². The van der Waals surface area contributed by atoms with Gasteiger partial charge in [0.05, 0.1) is 10.9 Å². The van der Waals surface area contributed by atoms with Gasteiger partial charge >= 0.3 is 0 Å². The molecule has 1 aromatic rings. The molecule has 0 saturated carbocycles. The molecular formula is C10H15N3S. The molecule has 1 fully saturated rings. The molecule has 0 spiro atoms. The second-order valence-electron chi connectivity index (χ2n) is 3.44. The van der Waals surface area contributed by atoms with Crippen molar-refractivity contribution in [2.45, 2.75) is 24.6 Å². The molecule has 0 amide bonds. The number of rotatable bonds is 3. The third-order valence-electron chi connectivity index (χ3n) is 2.31. The molecule has 1 aromatic heterocycles. The Morgan fingerprint density at radius 3 is 3.29 bits per heavy atom. The fourth-order valence-corrected chi connectivity index (χ4v) is 2.84. The Kier molecular flexibility index (Phi) is 3.37. The van der Waals surface area contributed by atoms with Crippen molar-refractivity contribution in [2.75, 3.05) is 12.8 Å². The van der Waals surface area contributed by atoms with Gasteiger partial charge in [-0.2, -0.15) is 11.8 Å². The van der Waals surface area contributed by atoms with Crippen molar-refractivity contribution >= 4 is 11.8 Å². The van der Waals surface area contributed by atoms with Crippen LogP contribution in [0.25, 0.3) is 0 Å². The van der Waals surface area contributed by atoms with Gasteiger partial charge in [0.2, 0.25) is 0 Å². The fourth-order valence-electron chi connectivity index (χ4n) is 1.63. The molecule has 1 atom stereocenters. The SMILES string of the molecule is CNCc1ccnc(C2CCCS2)n1. The molecule has 4 heteroatoms. The summed E-state index contributed by atoms with van der Waals surface area (Å²) in [6, 6.07) is 1.97. The summed E-state index contributed by atoms with van der Waals surface area (Å²) in [6.45, 7) is 0.826. The van der Waals surface area contributed by atoms with Crippen molar-refractivity contribution in [3.8, 4) is 0 Å². The minimum Gasteiger partial charge on any atom is -0.314 e. The molecule has 3 nitrogen and oxygen atoms in total. The summed E-state index contributed by atoms with van der Waals surface area (Å²) in [5.41, 5.74) is 1.09. The fraction of sp³-hybridized carbons (Fsp3) is 0.600. The minimum atomic E-state index is 0.534. The molecule has 0 bridgehead atoms. The predicted molar refractivity (Wildman–Crippen MR) is 59.2 cm³/mol. The monoisotopic (exact) mass is 209 g/mol. The predicted octanol–water partition coefficient (Wildman–Crippen LogP) is 1.76. The Balaban J connectivity index is 2.12. The number of nitrogens with zero attached hydrogens (tertiary/aromatic N) is 2. The Morgan fingerprint density at radius 1 is 1.64 bits per heavy atom. The van der Waals surface area contributed by atoms with Gasteiger partial charge < -0.3 is 5.32 Å². The Bertz CT molecular complexity index is 297. The van der Waals surface area contributed by atoms with Crippen molar-refractivity contribution in [1.29, 1.82) is 0 Å². The zero-order chi connectivity index (χ0) is 9.80. The van der Waals surface area contributed by atoms with E-state index in [0.29, 0.717) is 5.25 Å². The molecular weight excluding hydrogens is 194 g/mol. The number of thioether (sulfide) groups is 1. The average molecular weight is 209 g/mol. The maximum atomic E-state index is 4.55. The van der Waals surface area contributed by atoms with E-state index in [1.54, 1.807) is 0 Å². The van der Waals surface area contributed by atoms with Gasteiger partial charge in [0.25, 0.3) is 0 Å². The molecule has 14 heavy (non-hydrogen) atoms. The first-order valence-corrected chi connectivity index (χ1v) is 6.03. The van der Waals surface area contributed by atoms with E-state index in [1.807, 2.05) is 31.1 Å². The molecule has 2 rings (SSSR count). The summed E-state index contributed by atoms with van der Waals surface area (Å²) in [5, 5.41) is 3.64. The van der Waals surface area contributed by atoms with E-state index in [-0.39, 0.29) is 0 Å². The van der Waals surface area contributed by atoms with Gasteiger partial charge in [0, 0.05) is 12.7 Å². The highest BCUT2D eigenvalue weighted by Crippen LogP contribution is 2.37. The molecule has 0 aromatic carbocycles. The second kappa shape index (κ2) is 4.75. The van der Waals surface area contributed by atoms with E-state index in [1.165, 1.54) is 18.6 Å². The van der Waals surface area contributed by atoms with Crippen molar-refractivity contribution in [2.24, 2.45) is 0 Å². The maximum absolute atomic E-state index is 4.55. The number of aromatic nitrogens is 2. The van der Waals surface area contributed by atoms with Gasteiger partial charge in [0.1, 0.15) is 5.82 Å². The Morgan fingerprint density at radius 2 is 2.57 bits per heavy atom. The molecule has 1 aliphatic rings. The van der Waals surface area contributed by atoms with Crippen LogP contribution in [0.3, 0.4) is 0 Å². The first-order chi connectivity index (χ1) is 6.90. The first kappa shape index (κ1) is 9.93. The molecule has 2 heterocycles. The van der Waals surface area contributed by atoms with Gasteiger partial charge in [-0.3, -0.25) is 0 Å². The zero-order valence-corrected chi connectivity index (χ0v) is 9.18. The number of hydrogen-bond donors (Lipinski definition) is 1. The first-order valence-electron chi connectivity index (χ1n) is 4.98. The summed E-state index contributed by atoms with van der Waals surface area (Å²) < 4.78 is 0. The summed E-state index contributed by atoms with van der Waals surface area (Å²) in [5.74, 6) is 2.27. The van der Waals surface area contributed by atoms with Crippen molar-refractivity contribution < 1.29 is 0 Å². The van der Waals surface area contributed by atoms with E-state index in [4.69, 9.17) is 0 Å². The topological polar surface area (TPSA) is 37.8 Å². The highest BCUT2D eigenvalue weighted by molar-refractivity contribution is 7.99. The average Bonchev–Trinajstić information content (AvgIpc) is 2.71. The van der Waals surface area contributed by atoms with E-state index in [9.17, 15) is 0 Å². The minimum absolute atomic E-state index is 0.534. The van der Waals surface area contributed by atoms with E-state index < -0.39 is 0 Å². The van der Waals surface area contributed by atoms with Crippen LogP contribution in [-0.4, -0.2) is 22.8 Å². The summed E-state index contributed by atoms with van der Waals surface area (Å²) in [7, 11) is 1.94. The molecule has 1 unspecified atom stereocenters. The summed E-state index contributed by atoms with van der Waals surface area (Å²) in [4.78, 5) is 8.89. The van der Waals surface area contributed by atoms with Crippen LogP contribution in [0.5, 0.6) is 0 Å². The molecule has 76 valence electrons. The van der Waals surface area contributed by atoms with Crippen LogP contribution in [0, 0.1) is 0 Å². The Labute approximate surface area is 88.7 Å². The summed E-state index contributed by atoms with van der Waals surface area (Å²) in [6.07, 6.45) is 4.40. The van der Waals surface area contributed by atoms with Crippen LogP contribution in [0.4, 0.5) is 0 Å². The molecule has 1 saturated heterocycles. The van der Waals surface area contributed by atoms with E-state index in [2.05, 4.69) is 15.3 Å². The standard InChI is InChI=1S/C10H15N3S/c1-11-7-8-4-5-12-10(13-8)9-3-2-6-14-9/h4-5,9,11H,2-3,6-7H2,1H3. The quantitative estimate of drug-likeness (QED) is 0.823. The summed E-state index contributed by atoms with van der Waals surface area (Å²) >= 11 is 1.98. The second-order valence-corrected chi connectivity index (χ2v) is 4.75. The van der Waals surface area contributed by atoms with E-state index in [0.717, 1.165) is 18.1 Å². The lowest BCUT2D eigenvalue weighted by molar-refractivity contribution is 0.736. The lowest BCUT2D eigenvalue weighted by Gasteiger charge is -2.07. The number of nitrogens with one attached hydrogen (secondary N) is 1. The van der Waals surface area contributed by atoms with Crippen LogP contribution in [0.15, 0.2) is 12.3 Å². The largest absolute Gasteiger partial charge is 0.314 e. The van der Waals surface area contributed by atoms with Crippen LogP contribution in [0.2, 0.25) is 0 Å². The lowest BCUT2D eigenvalue weighted by atomic mass is 10.2. The lowest BCUT2D eigenvalue weighted by Crippen LogP contribution is -2.09. The smallest absolute Gasteiger partial charge is 0.141 e. The van der Waals surface area contributed by atoms with Crippen LogP contribution in [0.1, 0.15) is 29.6 Å². The van der Waals surface area contributed by atoms with Gasteiger partial charge in [-0.25, -0.2) is 9.97 Å². The van der Waals surface area contributed by atoms with Crippen LogP contribution < -0.4 is 5.32 Å². The molecule has 0 radical (unpaired) electrons.